The molecule has 0 atom stereocenters. The second-order valence-electron chi connectivity index (χ2n) is 5.75. The predicted octanol–water partition coefficient (Wildman–Crippen LogP) is 3.27. The third kappa shape index (κ3) is 6.93. The lowest BCUT2D eigenvalue weighted by molar-refractivity contribution is 0.185. The number of halogens is 1. The van der Waals surface area contributed by atoms with Crippen LogP contribution in [-0.4, -0.2) is 26.2 Å². The van der Waals surface area contributed by atoms with E-state index in [9.17, 15) is 4.39 Å². The first kappa shape index (κ1) is 18.9. The molecule has 134 valence electrons. The number of methoxy groups -OCH3 is 1. The van der Waals surface area contributed by atoms with Crippen molar-refractivity contribution in [1.29, 1.82) is 0 Å². The lowest BCUT2D eigenvalue weighted by Gasteiger charge is -2.11. The van der Waals surface area contributed by atoms with Crippen LogP contribution in [0.5, 0.6) is 0 Å². The number of hydrogen-bond acceptors (Lipinski definition) is 2. The summed E-state index contributed by atoms with van der Waals surface area (Å²) in [6.45, 7) is 4.74. The molecule has 0 aliphatic carbocycles. The van der Waals surface area contributed by atoms with Crippen LogP contribution in [0.25, 0.3) is 0 Å². The molecule has 0 bridgehead atoms. The zero-order valence-corrected chi connectivity index (χ0v) is 14.9. The molecular weight excluding hydrogens is 317 g/mol. The highest BCUT2D eigenvalue weighted by atomic mass is 19.1. The zero-order valence-electron chi connectivity index (χ0n) is 14.9. The van der Waals surface area contributed by atoms with Gasteiger partial charge in [-0.05, 0) is 42.2 Å². The van der Waals surface area contributed by atoms with Gasteiger partial charge in [-0.15, -0.1) is 0 Å². The van der Waals surface area contributed by atoms with E-state index < -0.39 is 0 Å². The minimum atomic E-state index is -0.199. The topological polar surface area (TPSA) is 45.7 Å². The Hall–Kier alpha value is -2.40. The van der Waals surface area contributed by atoms with Crippen molar-refractivity contribution in [2.45, 2.75) is 26.5 Å². The van der Waals surface area contributed by atoms with Crippen molar-refractivity contribution in [2.24, 2.45) is 4.99 Å². The van der Waals surface area contributed by atoms with Crippen molar-refractivity contribution in [3.63, 3.8) is 0 Å². The highest BCUT2D eigenvalue weighted by molar-refractivity contribution is 5.79. The van der Waals surface area contributed by atoms with Crippen molar-refractivity contribution in [1.82, 2.24) is 10.6 Å². The van der Waals surface area contributed by atoms with Crippen LogP contribution < -0.4 is 10.6 Å². The van der Waals surface area contributed by atoms with Crippen molar-refractivity contribution >= 4 is 5.96 Å². The molecule has 0 heterocycles. The smallest absolute Gasteiger partial charge is 0.191 e. The van der Waals surface area contributed by atoms with Gasteiger partial charge in [0.1, 0.15) is 5.82 Å². The summed E-state index contributed by atoms with van der Waals surface area (Å²) in [6.07, 6.45) is 0.744. The maximum atomic E-state index is 13.2. The van der Waals surface area contributed by atoms with Crippen LogP contribution in [-0.2, 0) is 24.3 Å². The number of benzene rings is 2. The minimum absolute atomic E-state index is 0.199. The van der Waals surface area contributed by atoms with Crippen LogP contribution in [0.2, 0.25) is 0 Å². The molecule has 0 unspecified atom stereocenters. The van der Waals surface area contributed by atoms with Crippen LogP contribution in [0.1, 0.15) is 23.6 Å². The lowest BCUT2D eigenvalue weighted by atomic mass is 10.1. The number of ether oxygens (including phenoxy) is 1. The third-order valence-electron chi connectivity index (χ3n) is 3.69. The van der Waals surface area contributed by atoms with Gasteiger partial charge < -0.3 is 15.4 Å². The van der Waals surface area contributed by atoms with E-state index in [0.717, 1.165) is 35.6 Å². The van der Waals surface area contributed by atoms with E-state index in [1.807, 2.05) is 13.0 Å². The first-order valence-electron chi connectivity index (χ1n) is 8.54. The van der Waals surface area contributed by atoms with E-state index in [-0.39, 0.29) is 5.82 Å². The van der Waals surface area contributed by atoms with E-state index in [4.69, 9.17) is 4.74 Å². The predicted molar refractivity (Wildman–Crippen MR) is 100 cm³/mol. The van der Waals surface area contributed by atoms with Gasteiger partial charge in [-0.2, -0.15) is 0 Å². The fourth-order valence-corrected chi connectivity index (χ4v) is 2.44. The molecule has 2 aromatic carbocycles. The number of aliphatic imine (C=N–C) groups is 1. The molecule has 25 heavy (non-hydrogen) atoms. The summed E-state index contributed by atoms with van der Waals surface area (Å²) in [5.41, 5.74) is 3.26. The van der Waals surface area contributed by atoms with Crippen molar-refractivity contribution in [2.75, 3.05) is 20.2 Å². The van der Waals surface area contributed by atoms with E-state index in [1.54, 1.807) is 19.2 Å². The Kier molecular flexibility index (Phi) is 7.92. The molecule has 0 aliphatic rings. The van der Waals surface area contributed by atoms with Crippen LogP contribution >= 0.6 is 0 Å². The Bertz CT molecular complexity index is 671. The van der Waals surface area contributed by atoms with Gasteiger partial charge >= 0.3 is 0 Å². The third-order valence-corrected chi connectivity index (χ3v) is 3.69. The molecule has 0 aliphatic heterocycles. The van der Waals surface area contributed by atoms with Gasteiger partial charge in [-0.25, -0.2) is 9.38 Å². The Labute approximate surface area is 149 Å². The maximum Gasteiger partial charge on any atom is 0.191 e. The van der Waals surface area contributed by atoms with Crippen LogP contribution in [0.3, 0.4) is 0 Å². The second kappa shape index (κ2) is 10.5. The van der Waals surface area contributed by atoms with Gasteiger partial charge in [-0.1, -0.05) is 36.4 Å². The molecule has 2 aromatic rings. The standard InChI is InChI=1S/C20H26FN3O/c1-3-22-20(23-12-11-16-5-4-6-19(21)13-16)24-14-17-7-9-18(10-8-17)15-25-2/h4-10,13H,3,11-12,14-15H2,1-2H3,(H2,22,23,24). The lowest BCUT2D eigenvalue weighted by Crippen LogP contribution is -2.38. The second-order valence-corrected chi connectivity index (χ2v) is 5.75. The molecule has 2 rings (SSSR count). The van der Waals surface area contributed by atoms with Crippen LogP contribution in [0.4, 0.5) is 4.39 Å². The first-order valence-corrected chi connectivity index (χ1v) is 8.54. The van der Waals surface area contributed by atoms with Crippen molar-refractivity contribution < 1.29 is 9.13 Å². The fraction of sp³-hybridized carbons (Fsp3) is 0.350. The van der Waals surface area contributed by atoms with Gasteiger partial charge in [0.25, 0.3) is 0 Å². The maximum absolute atomic E-state index is 13.2. The van der Waals surface area contributed by atoms with E-state index in [0.29, 0.717) is 19.7 Å². The summed E-state index contributed by atoms with van der Waals surface area (Å²) in [5.74, 6) is 0.565. The summed E-state index contributed by atoms with van der Waals surface area (Å²) in [6, 6.07) is 14.9. The van der Waals surface area contributed by atoms with Gasteiger partial charge in [0.05, 0.1) is 13.2 Å². The normalized spacial score (nSPS) is 11.4. The molecule has 4 nitrogen and oxygen atoms in total. The molecular formula is C20H26FN3O. The highest BCUT2D eigenvalue weighted by Gasteiger charge is 2.00. The number of guanidine groups is 1. The molecule has 0 saturated heterocycles. The zero-order chi connectivity index (χ0) is 17.9. The SMILES string of the molecule is CCNC(=NCc1ccc(COC)cc1)NCCc1cccc(F)c1. The first-order chi connectivity index (χ1) is 12.2. The molecule has 2 N–H and O–H groups in total. The van der Waals surface area contributed by atoms with E-state index in [1.165, 1.54) is 6.07 Å². The van der Waals surface area contributed by atoms with Crippen molar-refractivity contribution in [3.05, 3.63) is 71.0 Å². The summed E-state index contributed by atoms with van der Waals surface area (Å²) in [4.78, 5) is 4.60. The van der Waals surface area contributed by atoms with Gasteiger partial charge in [0.2, 0.25) is 0 Å². The molecule has 5 heteroatoms. The highest BCUT2D eigenvalue weighted by Crippen LogP contribution is 2.07. The monoisotopic (exact) mass is 343 g/mol. The summed E-state index contributed by atoms with van der Waals surface area (Å²) < 4.78 is 18.3. The average Bonchev–Trinajstić information content (AvgIpc) is 2.61. The molecule has 0 saturated carbocycles. The molecule has 0 amide bonds. The Balaban J connectivity index is 1.86. The Morgan fingerprint density at radius 3 is 2.48 bits per heavy atom. The largest absolute Gasteiger partial charge is 0.380 e. The molecule has 0 spiro atoms. The quantitative estimate of drug-likeness (QED) is 0.571. The van der Waals surface area contributed by atoms with Crippen molar-refractivity contribution in [3.8, 4) is 0 Å². The number of nitrogens with zero attached hydrogens (tertiary/aromatic N) is 1. The number of hydrogen-bond donors (Lipinski definition) is 2. The molecule has 0 aromatic heterocycles. The van der Waals surface area contributed by atoms with E-state index >= 15 is 0 Å². The Morgan fingerprint density at radius 1 is 1.04 bits per heavy atom. The summed E-state index contributed by atoms with van der Waals surface area (Å²) >= 11 is 0. The average molecular weight is 343 g/mol. The molecule has 0 radical (unpaired) electrons. The number of nitrogens with one attached hydrogen (secondary N) is 2. The fourth-order valence-electron chi connectivity index (χ4n) is 2.44. The molecule has 0 fully saturated rings. The minimum Gasteiger partial charge on any atom is -0.380 e. The van der Waals surface area contributed by atoms with Gasteiger partial charge in [0, 0.05) is 20.2 Å². The van der Waals surface area contributed by atoms with Crippen LogP contribution in [0.15, 0.2) is 53.5 Å². The van der Waals surface area contributed by atoms with Gasteiger partial charge in [0.15, 0.2) is 5.96 Å². The van der Waals surface area contributed by atoms with Gasteiger partial charge in [-0.3, -0.25) is 0 Å². The Morgan fingerprint density at radius 2 is 1.80 bits per heavy atom. The van der Waals surface area contributed by atoms with E-state index in [2.05, 4.69) is 39.9 Å². The summed E-state index contributed by atoms with van der Waals surface area (Å²) in [7, 11) is 1.69. The number of rotatable bonds is 8. The van der Waals surface area contributed by atoms with Crippen LogP contribution in [0, 0.1) is 5.82 Å². The summed E-state index contributed by atoms with van der Waals surface area (Å²) in [5, 5.41) is 6.51.